The molecular formula is C37H46F3N5O2. The molecule has 2 aromatic carbocycles. The van der Waals surface area contributed by atoms with E-state index < -0.39 is 12.7 Å². The smallest absolute Gasteiger partial charge is 0.406 e. The van der Waals surface area contributed by atoms with Gasteiger partial charge < -0.3 is 29.7 Å². The maximum absolute atomic E-state index is 13.8. The summed E-state index contributed by atoms with van der Waals surface area (Å²) in [7, 11) is 5.15. The molecule has 3 aliphatic rings. The molecule has 0 unspecified atom stereocenters. The molecule has 252 valence electrons. The van der Waals surface area contributed by atoms with Crippen LogP contribution >= 0.6 is 0 Å². The molecule has 6 rings (SSSR count). The van der Waals surface area contributed by atoms with Crippen LogP contribution in [0.3, 0.4) is 0 Å². The minimum Gasteiger partial charge on any atom is -0.495 e. The molecule has 10 heteroatoms. The molecule has 2 aliphatic carbocycles. The molecule has 1 saturated heterocycles. The van der Waals surface area contributed by atoms with Crippen molar-refractivity contribution < 1.29 is 22.7 Å². The maximum atomic E-state index is 13.8. The van der Waals surface area contributed by atoms with E-state index in [4.69, 9.17) is 4.74 Å². The Morgan fingerprint density at radius 1 is 1.06 bits per heavy atom. The van der Waals surface area contributed by atoms with Gasteiger partial charge in [0.15, 0.2) is 0 Å². The molecule has 1 amide bonds. The second-order valence-electron chi connectivity index (χ2n) is 13.6. The second-order valence-corrected chi connectivity index (χ2v) is 13.6. The minimum absolute atomic E-state index is 0.178. The van der Waals surface area contributed by atoms with Crippen LogP contribution in [0.5, 0.6) is 5.75 Å². The van der Waals surface area contributed by atoms with Crippen LogP contribution in [0, 0.1) is 17.3 Å². The number of rotatable bonds is 8. The standard InChI is InChI=1S/C37H46F3N5O2/c1-41-35(46)26-10-15-31(34(23-26)47-3)42-20-5-7-29-24-30-32(8-4-9-33(30)45(29)25-37(38,39)40)43(2)27-11-13-28(14-12-27)44-21-18-36(19-22-44)16-6-17-36/h4,8-10,15,23-24,27-28,42H,6,11-14,16-22,25H2,1-3H3,(H,41,46). The highest BCUT2D eigenvalue weighted by atomic mass is 19.4. The number of piperidine rings is 1. The van der Waals surface area contributed by atoms with Crippen LogP contribution in [0.1, 0.15) is 73.8 Å². The third-order valence-electron chi connectivity index (χ3n) is 10.9. The Morgan fingerprint density at radius 3 is 2.45 bits per heavy atom. The molecule has 0 radical (unpaired) electrons. The van der Waals surface area contributed by atoms with Crippen LogP contribution in [0.4, 0.5) is 24.5 Å². The van der Waals surface area contributed by atoms with Crippen LogP contribution in [0.2, 0.25) is 0 Å². The fourth-order valence-corrected chi connectivity index (χ4v) is 7.97. The highest BCUT2D eigenvalue weighted by Crippen LogP contribution is 2.49. The zero-order valence-corrected chi connectivity index (χ0v) is 27.7. The first-order valence-corrected chi connectivity index (χ1v) is 16.9. The van der Waals surface area contributed by atoms with E-state index in [-0.39, 0.29) is 12.5 Å². The monoisotopic (exact) mass is 649 g/mol. The summed E-state index contributed by atoms with van der Waals surface area (Å²) in [5.74, 6) is 6.23. The SMILES string of the molecule is CNC(=O)c1ccc(NCC#Cc2cc3c(N(C)C4CCC(N5CCC6(CCC6)CC5)CC4)cccc3n2CC(F)(F)F)c(OC)c1. The Balaban J connectivity index is 1.16. The predicted molar refractivity (Wildman–Crippen MR) is 181 cm³/mol. The van der Waals surface area contributed by atoms with Crippen molar-refractivity contribution in [3.63, 3.8) is 0 Å². The minimum atomic E-state index is -4.40. The van der Waals surface area contributed by atoms with E-state index in [2.05, 4.69) is 39.3 Å². The van der Waals surface area contributed by atoms with E-state index in [0.29, 0.717) is 45.7 Å². The van der Waals surface area contributed by atoms with Gasteiger partial charge in [0.25, 0.3) is 5.91 Å². The largest absolute Gasteiger partial charge is 0.495 e. The van der Waals surface area contributed by atoms with Gasteiger partial charge in [0.2, 0.25) is 0 Å². The fourth-order valence-electron chi connectivity index (χ4n) is 7.97. The molecule has 1 spiro atoms. The zero-order chi connectivity index (χ0) is 33.2. The number of carbonyl (C=O) groups excluding carboxylic acids is 1. The van der Waals surface area contributed by atoms with Gasteiger partial charge in [-0.1, -0.05) is 18.4 Å². The Bertz CT molecular complexity index is 1630. The Hall–Kier alpha value is -3.84. The van der Waals surface area contributed by atoms with Crippen molar-refractivity contribution in [2.45, 2.75) is 82.6 Å². The molecule has 3 fully saturated rings. The van der Waals surface area contributed by atoms with Gasteiger partial charge in [-0.2, -0.15) is 13.2 Å². The average molecular weight is 650 g/mol. The van der Waals surface area contributed by atoms with Gasteiger partial charge in [-0.05, 0) is 112 Å². The van der Waals surface area contributed by atoms with Crippen LogP contribution in [-0.2, 0) is 6.54 Å². The molecule has 1 aromatic heterocycles. The van der Waals surface area contributed by atoms with Gasteiger partial charge in [-0.25, -0.2) is 0 Å². The van der Waals surface area contributed by atoms with E-state index in [9.17, 15) is 18.0 Å². The van der Waals surface area contributed by atoms with Crippen molar-refractivity contribution in [3.8, 4) is 17.6 Å². The number of hydrogen-bond donors (Lipinski definition) is 2. The van der Waals surface area contributed by atoms with Gasteiger partial charge in [0, 0.05) is 42.8 Å². The summed E-state index contributed by atoms with van der Waals surface area (Å²) >= 11 is 0. The normalized spacial score (nSPS) is 21.1. The first kappa shape index (κ1) is 33.1. The summed E-state index contributed by atoms with van der Waals surface area (Å²) in [5.41, 5.74) is 3.53. The topological polar surface area (TPSA) is 61.8 Å². The van der Waals surface area contributed by atoms with E-state index in [1.807, 2.05) is 12.1 Å². The molecule has 7 nitrogen and oxygen atoms in total. The number of benzene rings is 2. The van der Waals surface area contributed by atoms with Crippen LogP contribution < -0.4 is 20.3 Å². The summed E-state index contributed by atoms with van der Waals surface area (Å²) < 4.78 is 48.1. The Kier molecular flexibility index (Phi) is 9.65. The Morgan fingerprint density at radius 2 is 1.81 bits per heavy atom. The summed E-state index contributed by atoms with van der Waals surface area (Å²) in [6, 6.07) is 13.4. The van der Waals surface area contributed by atoms with Crippen LogP contribution in [0.25, 0.3) is 10.9 Å². The first-order chi connectivity index (χ1) is 22.6. The summed E-state index contributed by atoms with van der Waals surface area (Å²) in [4.78, 5) is 17.0. The number of methoxy groups -OCH3 is 1. The highest BCUT2D eigenvalue weighted by molar-refractivity contribution is 5.95. The van der Waals surface area contributed by atoms with Crippen molar-refractivity contribution in [3.05, 3.63) is 53.7 Å². The number of hydrogen-bond acceptors (Lipinski definition) is 5. The number of amides is 1. The van der Waals surface area contributed by atoms with Gasteiger partial charge in [-0.3, -0.25) is 4.79 Å². The fraction of sp³-hybridized carbons (Fsp3) is 0.541. The van der Waals surface area contributed by atoms with Crippen molar-refractivity contribution in [2.75, 3.05) is 51.1 Å². The lowest BCUT2D eigenvalue weighted by molar-refractivity contribution is -0.140. The maximum Gasteiger partial charge on any atom is 0.406 e. The number of aromatic nitrogens is 1. The highest BCUT2D eigenvalue weighted by Gasteiger charge is 2.41. The van der Waals surface area contributed by atoms with Gasteiger partial charge in [0.05, 0.1) is 30.6 Å². The number of ether oxygens (including phenoxy) is 1. The summed E-state index contributed by atoms with van der Waals surface area (Å²) in [6.45, 7) is 1.53. The predicted octanol–water partition coefficient (Wildman–Crippen LogP) is 7.05. The van der Waals surface area contributed by atoms with Crippen molar-refractivity contribution in [1.82, 2.24) is 14.8 Å². The van der Waals surface area contributed by atoms with Crippen LogP contribution in [-0.4, -0.2) is 74.5 Å². The van der Waals surface area contributed by atoms with Gasteiger partial charge >= 0.3 is 6.18 Å². The van der Waals surface area contributed by atoms with E-state index in [1.165, 1.54) is 56.9 Å². The summed E-state index contributed by atoms with van der Waals surface area (Å²) in [6.07, 6.45) is 7.04. The van der Waals surface area contributed by atoms with Crippen molar-refractivity contribution in [1.29, 1.82) is 0 Å². The number of likely N-dealkylation sites (tertiary alicyclic amines) is 1. The number of nitrogens with zero attached hydrogens (tertiary/aromatic N) is 3. The number of carbonyl (C=O) groups is 1. The van der Waals surface area contributed by atoms with Gasteiger partial charge in [-0.15, -0.1) is 0 Å². The average Bonchev–Trinajstić information content (AvgIpc) is 3.41. The number of alkyl halides is 3. The van der Waals surface area contributed by atoms with E-state index >= 15 is 0 Å². The summed E-state index contributed by atoms with van der Waals surface area (Å²) in [5, 5.41) is 6.52. The van der Waals surface area contributed by atoms with Crippen molar-refractivity contribution in [2.24, 2.45) is 5.41 Å². The number of anilines is 2. The molecule has 47 heavy (non-hydrogen) atoms. The first-order valence-electron chi connectivity index (χ1n) is 16.9. The molecule has 0 bridgehead atoms. The lowest BCUT2D eigenvalue weighted by Crippen LogP contribution is -2.49. The second kappa shape index (κ2) is 13.7. The zero-order valence-electron chi connectivity index (χ0n) is 27.7. The Labute approximate surface area is 275 Å². The molecular weight excluding hydrogens is 603 g/mol. The molecule has 2 heterocycles. The number of nitrogens with one attached hydrogen (secondary N) is 2. The number of fused-ring (bicyclic) bond motifs is 1. The molecule has 2 N–H and O–H groups in total. The molecule has 3 aromatic rings. The number of halogens is 3. The van der Waals surface area contributed by atoms with E-state index in [1.54, 1.807) is 37.4 Å². The van der Waals surface area contributed by atoms with Gasteiger partial charge in [0.1, 0.15) is 12.3 Å². The van der Waals surface area contributed by atoms with E-state index in [0.717, 1.165) is 36.8 Å². The molecule has 2 saturated carbocycles. The molecule has 1 aliphatic heterocycles. The quantitative estimate of drug-likeness (QED) is 0.256. The van der Waals surface area contributed by atoms with Crippen molar-refractivity contribution >= 4 is 28.2 Å². The lowest BCUT2D eigenvalue weighted by atomic mass is 9.63. The lowest BCUT2D eigenvalue weighted by Gasteiger charge is -2.50. The third kappa shape index (κ3) is 7.20. The van der Waals surface area contributed by atoms with Crippen LogP contribution in [0.15, 0.2) is 42.5 Å². The molecule has 0 atom stereocenters. The third-order valence-corrected chi connectivity index (χ3v) is 10.9.